The van der Waals surface area contributed by atoms with E-state index >= 15 is 0 Å². The SMILES string of the molecule is COc1cc(CN2CCN(CC3CC3)CC2)ccc1OCC(O)CN(C)C(C)C. The van der Waals surface area contributed by atoms with E-state index < -0.39 is 6.10 Å². The summed E-state index contributed by atoms with van der Waals surface area (Å²) in [6.45, 7) is 11.9. The first kappa shape index (κ1) is 22.3. The maximum absolute atomic E-state index is 10.2. The van der Waals surface area contributed by atoms with Crippen LogP contribution >= 0.6 is 0 Å². The zero-order chi connectivity index (χ0) is 20.8. The fraction of sp³-hybridized carbons (Fsp3) is 0.739. The summed E-state index contributed by atoms with van der Waals surface area (Å²) in [6.07, 6.45) is 2.33. The van der Waals surface area contributed by atoms with E-state index in [4.69, 9.17) is 9.47 Å². The van der Waals surface area contributed by atoms with Crippen LogP contribution in [-0.2, 0) is 6.54 Å². The van der Waals surface area contributed by atoms with Crippen LogP contribution < -0.4 is 9.47 Å². The third kappa shape index (κ3) is 7.14. The third-order valence-electron chi connectivity index (χ3n) is 6.12. The van der Waals surface area contributed by atoms with Crippen molar-refractivity contribution in [2.45, 2.75) is 45.4 Å². The molecule has 1 aliphatic heterocycles. The fourth-order valence-corrected chi connectivity index (χ4v) is 3.77. The van der Waals surface area contributed by atoms with E-state index in [1.165, 1.54) is 38.0 Å². The molecule has 1 atom stereocenters. The number of likely N-dealkylation sites (N-methyl/N-ethyl adjacent to an activating group) is 1. The normalized spacial score (nSPS) is 19.7. The molecular formula is C23H39N3O3. The molecule has 29 heavy (non-hydrogen) atoms. The highest BCUT2D eigenvalue weighted by molar-refractivity contribution is 5.43. The van der Waals surface area contributed by atoms with Crippen LogP contribution in [0.15, 0.2) is 18.2 Å². The fourth-order valence-electron chi connectivity index (χ4n) is 3.77. The molecule has 1 saturated carbocycles. The van der Waals surface area contributed by atoms with Gasteiger partial charge in [-0.25, -0.2) is 0 Å². The topological polar surface area (TPSA) is 48.4 Å². The van der Waals surface area contributed by atoms with Gasteiger partial charge in [-0.15, -0.1) is 0 Å². The molecule has 1 heterocycles. The van der Waals surface area contributed by atoms with Crippen molar-refractivity contribution >= 4 is 0 Å². The number of benzene rings is 1. The van der Waals surface area contributed by atoms with Crippen LogP contribution in [-0.4, -0.2) is 92.0 Å². The number of aliphatic hydroxyl groups is 1. The van der Waals surface area contributed by atoms with Gasteiger partial charge in [0.1, 0.15) is 12.7 Å². The van der Waals surface area contributed by atoms with Crippen molar-refractivity contribution in [3.8, 4) is 11.5 Å². The van der Waals surface area contributed by atoms with E-state index in [0.717, 1.165) is 31.3 Å². The second-order valence-corrected chi connectivity index (χ2v) is 9.00. The van der Waals surface area contributed by atoms with E-state index in [0.29, 0.717) is 18.3 Å². The highest BCUT2D eigenvalue weighted by Gasteiger charge is 2.26. The lowest BCUT2D eigenvalue weighted by atomic mass is 10.1. The lowest BCUT2D eigenvalue weighted by molar-refractivity contribution is 0.0668. The van der Waals surface area contributed by atoms with Gasteiger partial charge in [-0.05, 0) is 57.4 Å². The number of methoxy groups -OCH3 is 1. The van der Waals surface area contributed by atoms with E-state index in [9.17, 15) is 5.11 Å². The maximum Gasteiger partial charge on any atom is 0.161 e. The van der Waals surface area contributed by atoms with Crippen molar-refractivity contribution in [3.63, 3.8) is 0 Å². The molecule has 1 aliphatic carbocycles. The molecule has 6 heteroatoms. The van der Waals surface area contributed by atoms with Gasteiger partial charge < -0.3 is 24.4 Å². The van der Waals surface area contributed by atoms with Gasteiger partial charge in [0.15, 0.2) is 11.5 Å². The van der Waals surface area contributed by atoms with Crippen LogP contribution in [0.2, 0.25) is 0 Å². The van der Waals surface area contributed by atoms with Gasteiger partial charge in [-0.1, -0.05) is 6.07 Å². The Morgan fingerprint density at radius 1 is 1.10 bits per heavy atom. The van der Waals surface area contributed by atoms with E-state index in [1.807, 2.05) is 13.1 Å². The van der Waals surface area contributed by atoms with Gasteiger partial charge in [0.25, 0.3) is 0 Å². The first-order valence-corrected chi connectivity index (χ1v) is 11.1. The molecule has 1 N–H and O–H groups in total. The molecule has 0 radical (unpaired) electrons. The van der Waals surface area contributed by atoms with E-state index in [2.05, 4.69) is 40.7 Å². The number of rotatable bonds is 11. The average Bonchev–Trinajstić information content (AvgIpc) is 3.52. The number of ether oxygens (including phenoxy) is 2. The standard InChI is InChI=1S/C23H39N3O3/c1-18(2)24(3)16-21(27)17-29-22-8-7-20(13-23(22)28-4)15-26-11-9-25(10-12-26)14-19-5-6-19/h7-8,13,18-19,21,27H,5-6,9-12,14-17H2,1-4H3. The van der Waals surface area contributed by atoms with Gasteiger partial charge in [-0.2, -0.15) is 0 Å². The summed E-state index contributed by atoms with van der Waals surface area (Å²) < 4.78 is 11.4. The molecule has 0 spiro atoms. The van der Waals surface area contributed by atoms with Gasteiger partial charge in [0.2, 0.25) is 0 Å². The van der Waals surface area contributed by atoms with E-state index in [1.54, 1.807) is 7.11 Å². The lowest BCUT2D eigenvalue weighted by Gasteiger charge is -2.34. The molecule has 1 saturated heterocycles. The molecule has 1 aromatic rings. The number of hydrogen-bond acceptors (Lipinski definition) is 6. The van der Waals surface area contributed by atoms with Crippen molar-refractivity contribution < 1.29 is 14.6 Å². The van der Waals surface area contributed by atoms with Gasteiger partial charge >= 0.3 is 0 Å². The van der Waals surface area contributed by atoms with Crippen LogP contribution in [0.25, 0.3) is 0 Å². The minimum atomic E-state index is -0.529. The van der Waals surface area contributed by atoms with Crippen LogP contribution in [0.3, 0.4) is 0 Å². The van der Waals surface area contributed by atoms with Crippen LogP contribution in [0, 0.1) is 5.92 Å². The molecule has 1 unspecified atom stereocenters. The van der Waals surface area contributed by atoms with Crippen LogP contribution in [0.1, 0.15) is 32.3 Å². The summed E-state index contributed by atoms with van der Waals surface area (Å²) in [5.41, 5.74) is 1.24. The summed E-state index contributed by atoms with van der Waals surface area (Å²) in [4.78, 5) is 7.25. The summed E-state index contributed by atoms with van der Waals surface area (Å²) in [5, 5.41) is 10.2. The molecule has 2 fully saturated rings. The Bertz CT molecular complexity index is 628. The molecule has 6 nitrogen and oxygen atoms in total. The Morgan fingerprint density at radius 3 is 2.41 bits per heavy atom. The first-order chi connectivity index (χ1) is 13.9. The minimum absolute atomic E-state index is 0.260. The third-order valence-corrected chi connectivity index (χ3v) is 6.12. The van der Waals surface area contributed by atoms with Crippen molar-refractivity contribution in [1.29, 1.82) is 0 Å². The smallest absolute Gasteiger partial charge is 0.161 e. The Hall–Kier alpha value is -1.34. The monoisotopic (exact) mass is 405 g/mol. The Kier molecular flexibility index (Phi) is 8.18. The predicted molar refractivity (Wildman–Crippen MR) is 117 cm³/mol. The van der Waals surface area contributed by atoms with Gasteiger partial charge in [0, 0.05) is 51.9 Å². The molecule has 164 valence electrons. The maximum atomic E-state index is 10.2. The van der Waals surface area contributed by atoms with Gasteiger partial charge in [0.05, 0.1) is 7.11 Å². The largest absolute Gasteiger partial charge is 0.493 e. The van der Waals surface area contributed by atoms with Crippen LogP contribution in [0.5, 0.6) is 11.5 Å². The average molecular weight is 406 g/mol. The number of aliphatic hydroxyl groups excluding tert-OH is 1. The quantitative estimate of drug-likeness (QED) is 0.610. The number of nitrogens with zero attached hydrogens (tertiary/aromatic N) is 3. The zero-order valence-corrected chi connectivity index (χ0v) is 18.6. The summed E-state index contributed by atoms with van der Waals surface area (Å²) in [7, 11) is 3.68. The highest BCUT2D eigenvalue weighted by Crippen LogP contribution is 2.31. The van der Waals surface area contributed by atoms with Crippen molar-refractivity contribution in [2.24, 2.45) is 5.92 Å². The zero-order valence-electron chi connectivity index (χ0n) is 18.6. The van der Waals surface area contributed by atoms with E-state index in [-0.39, 0.29) is 6.61 Å². The molecule has 0 amide bonds. The second kappa shape index (κ2) is 10.6. The van der Waals surface area contributed by atoms with Crippen molar-refractivity contribution in [3.05, 3.63) is 23.8 Å². The molecule has 0 bridgehead atoms. The summed E-state index contributed by atoms with van der Waals surface area (Å²) in [6, 6.07) is 6.55. The second-order valence-electron chi connectivity index (χ2n) is 9.00. The molecular weight excluding hydrogens is 366 g/mol. The lowest BCUT2D eigenvalue weighted by Crippen LogP contribution is -2.46. The first-order valence-electron chi connectivity index (χ1n) is 11.1. The minimum Gasteiger partial charge on any atom is -0.493 e. The van der Waals surface area contributed by atoms with Crippen molar-refractivity contribution in [1.82, 2.24) is 14.7 Å². The number of piperazine rings is 1. The number of hydrogen-bond donors (Lipinski definition) is 1. The summed E-state index contributed by atoms with van der Waals surface area (Å²) in [5.74, 6) is 2.40. The van der Waals surface area contributed by atoms with Crippen molar-refractivity contribution in [2.75, 3.05) is 60.0 Å². The predicted octanol–water partition coefficient (Wildman–Crippen LogP) is 2.30. The van der Waals surface area contributed by atoms with Crippen LogP contribution in [0.4, 0.5) is 0 Å². The molecule has 1 aromatic carbocycles. The molecule has 2 aliphatic rings. The Morgan fingerprint density at radius 2 is 1.79 bits per heavy atom. The highest BCUT2D eigenvalue weighted by atomic mass is 16.5. The Labute approximate surface area is 176 Å². The molecule has 3 rings (SSSR count). The molecule has 0 aromatic heterocycles. The Balaban J connectivity index is 1.46. The summed E-state index contributed by atoms with van der Waals surface area (Å²) >= 11 is 0. The van der Waals surface area contributed by atoms with Gasteiger partial charge in [-0.3, -0.25) is 4.90 Å².